The Kier molecular flexibility index (Phi) is 5.91. The molecule has 1 aliphatic carbocycles. The molecular weight excluding hydrogens is 364 g/mol. The first kappa shape index (κ1) is 19.1. The first-order valence-electron chi connectivity index (χ1n) is 8.90. The zero-order valence-corrected chi connectivity index (χ0v) is 16.2. The van der Waals surface area contributed by atoms with Gasteiger partial charge in [0.25, 0.3) is 5.91 Å². The monoisotopic (exact) mass is 386 g/mol. The van der Waals surface area contributed by atoms with Crippen molar-refractivity contribution in [3.8, 4) is 0 Å². The molecule has 2 amide bonds. The van der Waals surface area contributed by atoms with Crippen molar-refractivity contribution in [2.75, 3.05) is 17.2 Å². The second kappa shape index (κ2) is 8.35. The van der Waals surface area contributed by atoms with Crippen LogP contribution in [0.15, 0.2) is 24.3 Å². The Bertz CT molecular complexity index is 888. The maximum atomic E-state index is 12.7. The second-order valence-corrected chi connectivity index (χ2v) is 7.64. The summed E-state index contributed by atoms with van der Waals surface area (Å²) in [6, 6.07) is 7.39. The van der Waals surface area contributed by atoms with E-state index in [0.717, 1.165) is 41.7 Å². The molecule has 1 heterocycles. The molecule has 3 rings (SSSR count). The molecule has 27 heavy (non-hydrogen) atoms. The number of esters is 1. The summed E-state index contributed by atoms with van der Waals surface area (Å²) in [5, 5.41) is 5.97. The molecule has 0 atom stereocenters. The molecule has 0 radical (unpaired) electrons. The molecular formula is C20H22N2O4S. The third kappa shape index (κ3) is 4.54. The van der Waals surface area contributed by atoms with Gasteiger partial charge in [-0.1, -0.05) is 18.2 Å². The van der Waals surface area contributed by atoms with E-state index < -0.39 is 11.9 Å². The van der Waals surface area contributed by atoms with Crippen LogP contribution < -0.4 is 10.6 Å². The molecule has 0 aliphatic heterocycles. The summed E-state index contributed by atoms with van der Waals surface area (Å²) in [6.45, 7) is 2.92. The molecule has 0 spiro atoms. The normalized spacial score (nSPS) is 12.8. The lowest BCUT2D eigenvalue weighted by Crippen LogP contribution is -2.22. The first-order valence-corrected chi connectivity index (χ1v) is 9.72. The number of carbonyl (C=O) groups is 3. The van der Waals surface area contributed by atoms with Gasteiger partial charge in [0.05, 0.1) is 5.56 Å². The zero-order valence-electron chi connectivity index (χ0n) is 15.4. The Hall–Kier alpha value is -2.67. The van der Waals surface area contributed by atoms with Gasteiger partial charge in [-0.3, -0.25) is 9.59 Å². The third-order valence-electron chi connectivity index (χ3n) is 4.42. The van der Waals surface area contributed by atoms with Gasteiger partial charge >= 0.3 is 5.97 Å². The van der Waals surface area contributed by atoms with E-state index in [1.165, 1.54) is 18.3 Å². The standard InChI is InChI=1S/C20H22N2O4S/c1-12-7-3-5-9-15(12)22-17(24)11-26-20(25)18-14-8-4-6-10-16(14)27-19(18)21-13(2)23/h3,5,7,9H,4,6,8,10-11H2,1-2H3,(H,21,23)(H,22,24). The van der Waals surface area contributed by atoms with Gasteiger partial charge in [0.15, 0.2) is 6.61 Å². The number of nitrogens with one attached hydrogen (secondary N) is 2. The summed E-state index contributed by atoms with van der Waals surface area (Å²) in [4.78, 5) is 37.4. The summed E-state index contributed by atoms with van der Waals surface area (Å²) in [6.07, 6.45) is 3.75. The lowest BCUT2D eigenvalue weighted by atomic mass is 9.95. The largest absolute Gasteiger partial charge is 0.452 e. The van der Waals surface area contributed by atoms with E-state index >= 15 is 0 Å². The van der Waals surface area contributed by atoms with E-state index in [1.54, 1.807) is 6.07 Å². The van der Waals surface area contributed by atoms with E-state index in [9.17, 15) is 14.4 Å². The molecule has 7 heteroatoms. The topological polar surface area (TPSA) is 84.5 Å². The number of amides is 2. The van der Waals surface area contributed by atoms with Crippen LogP contribution in [0.1, 0.15) is 46.1 Å². The zero-order chi connectivity index (χ0) is 19.4. The van der Waals surface area contributed by atoms with E-state index in [4.69, 9.17) is 4.74 Å². The summed E-state index contributed by atoms with van der Waals surface area (Å²) in [5.74, 6) is -1.21. The highest BCUT2D eigenvalue weighted by atomic mass is 32.1. The van der Waals surface area contributed by atoms with Gasteiger partial charge in [-0.2, -0.15) is 0 Å². The van der Waals surface area contributed by atoms with Crippen molar-refractivity contribution in [3.05, 3.63) is 45.8 Å². The van der Waals surface area contributed by atoms with Crippen LogP contribution in [0.25, 0.3) is 0 Å². The van der Waals surface area contributed by atoms with Gasteiger partial charge in [-0.15, -0.1) is 11.3 Å². The van der Waals surface area contributed by atoms with Crippen molar-refractivity contribution in [1.82, 2.24) is 0 Å². The van der Waals surface area contributed by atoms with Crippen molar-refractivity contribution in [1.29, 1.82) is 0 Å². The molecule has 142 valence electrons. The van der Waals surface area contributed by atoms with Crippen LogP contribution in [0.2, 0.25) is 0 Å². The number of anilines is 2. The molecule has 0 saturated carbocycles. The fourth-order valence-corrected chi connectivity index (χ4v) is 4.46. The number of hydrogen-bond donors (Lipinski definition) is 2. The minimum Gasteiger partial charge on any atom is -0.452 e. The molecule has 1 aliphatic rings. The van der Waals surface area contributed by atoms with E-state index in [1.807, 2.05) is 25.1 Å². The number of para-hydroxylation sites is 1. The number of aryl methyl sites for hydroxylation is 2. The summed E-state index contributed by atoms with van der Waals surface area (Å²) in [7, 11) is 0. The molecule has 1 aromatic heterocycles. The van der Waals surface area contributed by atoms with Crippen LogP contribution in [0.4, 0.5) is 10.7 Å². The van der Waals surface area contributed by atoms with Gasteiger partial charge in [-0.05, 0) is 49.8 Å². The summed E-state index contributed by atoms with van der Waals surface area (Å²) in [5.41, 5.74) is 2.95. The van der Waals surface area contributed by atoms with Gasteiger partial charge in [0, 0.05) is 17.5 Å². The van der Waals surface area contributed by atoms with Gasteiger partial charge in [0.2, 0.25) is 5.91 Å². The fourth-order valence-electron chi connectivity index (χ4n) is 3.13. The fraction of sp³-hybridized carbons (Fsp3) is 0.350. The smallest absolute Gasteiger partial charge is 0.341 e. The molecule has 0 unspecified atom stereocenters. The molecule has 1 aromatic carbocycles. The van der Waals surface area contributed by atoms with Crippen LogP contribution in [-0.2, 0) is 27.2 Å². The summed E-state index contributed by atoms with van der Waals surface area (Å²) < 4.78 is 5.25. The highest BCUT2D eigenvalue weighted by molar-refractivity contribution is 7.17. The van der Waals surface area contributed by atoms with Gasteiger partial charge < -0.3 is 15.4 Å². The van der Waals surface area contributed by atoms with Crippen LogP contribution in [0.5, 0.6) is 0 Å². The highest BCUT2D eigenvalue weighted by Crippen LogP contribution is 2.38. The predicted molar refractivity (Wildman–Crippen MR) is 105 cm³/mol. The van der Waals surface area contributed by atoms with E-state index in [-0.39, 0.29) is 12.5 Å². The number of benzene rings is 1. The molecule has 2 N–H and O–H groups in total. The van der Waals surface area contributed by atoms with Crippen molar-refractivity contribution in [3.63, 3.8) is 0 Å². The Morgan fingerprint density at radius 2 is 1.85 bits per heavy atom. The summed E-state index contributed by atoms with van der Waals surface area (Å²) >= 11 is 1.42. The highest BCUT2D eigenvalue weighted by Gasteiger charge is 2.27. The maximum Gasteiger partial charge on any atom is 0.341 e. The first-order chi connectivity index (χ1) is 13.0. The van der Waals surface area contributed by atoms with Crippen molar-refractivity contribution in [2.45, 2.75) is 39.5 Å². The molecule has 6 nitrogen and oxygen atoms in total. The van der Waals surface area contributed by atoms with Crippen LogP contribution in [0, 0.1) is 6.92 Å². The van der Waals surface area contributed by atoms with Crippen LogP contribution >= 0.6 is 11.3 Å². The minimum absolute atomic E-state index is 0.236. The number of hydrogen-bond acceptors (Lipinski definition) is 5. The number of fused-ring (bicyclic) bond motifs is 1. The Morgan fingerprint density at radius 3 is 2.59 bits per heavy atom. The number of carbonyl (C=O) groups excluding carboxylic acids is 3. The van der Waals surface area contributed by atoms with E-state index in [2.05, 4.69) is 10.6 Å². The van der Waals surface area contributed by atoms with Crippen molar-refractivity contribution < 1.29 is 19.1 Å². The van der Waals surface area contributed by atoms with Crippen molar-refractivity contribution >= 4 is 39.8 Å². The molecule has 0 fully saturated rings. The Labute approximate surface area is 161 Å². The lowest BCUT2D eigenvalue weighted by Gasteiger charge is -2.13. The van der Waals surface area contributed by atoms with Gasteiger partial charge in [-0.25, -0.2) is 4.79 Å². The number of rotatable bonds is 5. The molecule has 2 aromatic rings. The second-order valence-electron chi connectivity index (χ2n) is 6.54. The number of thiophene rings is 1. The Morgan fingerprint density at radius 1 is 1.11 bits per heavy atom. The SMILES string of the molecule is CC(=O)Nc1sc2c(c1C(=O)OCC(=O)Nc1ccccc1C)CCCC2. The van der Waals surface area contributed by atoms with Crippen LogP contribution in [-0.4, -0.2) is 24.4 Å². The average Bonchev–Trinajstić information content (AvgIpc) is 2.98. The van der Waals surface area contributed by atoms with Crippen molar-refractivity contribution in [2.24, 2.45) is 0 Å². The average molecular weight is 386 g/mol. The number of ether oxygens (including phenoxy) is 1. The van der Waals surface area contributed by atoms with Gasteiger partial charge in [0.1, 0.15) is 5.00 Å². The van der Waals surface area contributed by atoms with Crippen LogP contribution in [0.3, 0.4) is 0 Å². The molecule has 0 bridgehead atoms. The third-order valence-corrected chi connectivity index (χ3v) is 5.63. The van der Waals surface area contributed by atoms with E-state index in [0.29, 0.717) is 16.3 Å². The predicted octanol–water partition coefficient (Wildman–Crippen LogP) is 3.69. The minimum atomic E-state index is -0.571. The quantitative estimate of drug-likeness (QED) is 0.768. The Balaban J connectivity index is 1.70. The molecule has 0 saturated heterocycles. The lowest BCUT2D eigenvalue weighted by molar-refractivity contribution is -0.119. The maximum absolute atomic E-state index is 12.7.